The second-order valence-corrected chi connectivity index (χ2v) is 8.76. The monoisotopic (exact) mass is 455 g/mol. The number of pyridine rings is 1. The molecular formula is C24H30FN5O3. The molecule has 0 spiro atoms. The summed E-state index contributed by atoms with van der Waals surface area (Å²) >= 11 is 0. The smallest absolute Gasteiger partial charge is 0.313 e. The fraction of sp³-hybridized carbons (Fsp3) is 0.458. The number of aromatic nitrogens is 1. The molecule has 2 heterocycles. The third kappa shape index (κ3) is 5.35. The predicted octanol–water partition coefficient (Wildman–Crippen LogP) is 2.97. The summed E-state index contributed by atoms with van der Waals surface area (Å²) in [6.07, 6.45) is 5.33. The number of carbonyl (C=O) groups is 3. The number of alkyl halides is 1. The first-order chi connectivity index (χ1) is 15.6. The number of piperazine rings is 1. The predicted molar refractivity (Wildman–Crippen MR) is 125 cm³/mol. The maximum absolute atomic E-state index is 13.7. The third-order valence-corrected chi connectivity index (χ3v) is 5.89. The summed E-state index contributed by atoms with van der Waals surface area (Å²) in [5.41, 5.74) is 1.80. The molecule has 0 bridgehead atoms. The molecule has 1 unspecified atom stereocenters. The molecule has 1 aromatic rings. The van der Waals surface area contributed by atoms with Crippen LogP contribution in [0.1, 0.15) is 32.8 Å². The molecule has 1 fully saturated rings. The Morgan fingerprint density at radius 2 is 2.00 bits per heavy atom. The van der Waals surface area contributed by atoms with Crippen LogP contribution in [0.15, 0.2) is 41.1 Å². The van der Waals surface area contributed by atoms with Gasteiger partial charge in [0.25, 0.3) is 0 Å². The Morgan fingerprint density at radius 3 is 2.58 bits per heavy atom. The van der Waals surface area contributed by atoms with E-state index in [1.54, 1.807) is 30.0 Å². The van der Waals surface area contributed by atoms with E-state index < -0.39 is 24.0 Å². The van der Waals surface area contributed by atoms with Crippen molar-refractivity contribution in [2.24, 2.45) is 10.9 Å². The first kappa shape index (κ1) is 24.3. The standard InChI is InChI=1S/C24H30FN5O3/c1-14(2)23(32)29-13-20(17-6-8-18(25)9-7-17)30(12-16(29)4)24(33)22(31)28-19-10-15(3)21(26-5)27-11-19/h6-8,10-11,14,16,18,20H,5,9,12-13H2,1-4H3,(H,28,31)/t16-,18?,20-/m1/s1. The van der Waals surface area contributed by atoms with Gasteiger partial charge in [0.1, 0.15) is 6.17 Å². The van der Waals surface area contributed by atoms with E-state index in [9.17, 15) is 18.8 Å². The molecule has 8 nitrogen and oxygen atoms in total. The van der Waals surface area contributed by atoms with Crippen LogP contribution in [0.25, 0.3) is 0 Å². The summed E-state index contributed by atoms with van der Waals surface area (Å²) in [5, 5.41) is 2.60. The second kappa shape index (κ2) is 10.1. The van der Waals surface area contributed by atoms with Gasteiger partial charge in [0.15, 0.2) is 5.82 Å². The first-order valence-electron chi connectivity index (χ1n) is 11.0. The van der Waals surface area contributed by atoms with Gasteiger partial charge < -0.3 is 15.1 Å². The van der Waals surface area contributed by atoms with Gasteiger partial charge in [-0.25, -0.2) is 14.4 Å². The van der Waals surface area contributed by atoms with E-state index in [0.29, 0.717) is 17.1 Å². The van der Waals surface area contributed by atoms with Crippen molar-refractivity contribution < 1.29 is 18.8 Å². The lowest BCUT2D eigenvalue weighted by molar-refractivity contribution is -0.151. The van der Waals surface area contributed by atoms with E-state index in [4.69, 9.17) is 0 Å². The van der Waals surface area contributed by atoms with Gasteiger partial charge >= 0.3 is 11.8 Å². The summed E-state index contributed by atoms with van der Waals surface area (Å²) < 4.78 is 13.7. The SMILES string of the molecule is C=Nc1ncc(NC(=O)C(=O)N2C[C@@H](C)N(C(=O)C(C)C)C[C@@H]2C2=CCC(F)C=C2)cc1C. The van der Waals surface area contributed by atoms with Gasteiger partial charge in [-0.2, -0.15) is 0 Å². The number of aliphatic imine (C=N–C) groups is 1. The molecule has 3 rings (SSSR count). The lowest BCUT2D eigenvalue weighted by Gasteiger charge is -2.46. The number of rotatable bonds is 4. The van der Waals surface area contributed by atoms with Crippen molar-refractivity contribution in [3.8, 4) is 0 Å². The van der Waals surface area contributed by atoms with Gasteiger partial charge in [-0.3, -0.25) is 14.4 Å². The van der Waals surface area contributed by atoms with Crippen molar-refractivity contribution >= 4 is 35.9 Å². The molecule has 3 amide bonds. The van der Waals surface area contributed by atoms with Crippen molar-refractivity contribution in [2.45, 2.75) is 52.4 Å². The van der Waals surface area contributed by atoms with Crippen molar-refractivity contribution in [3.63, 3.8) is 0 Å². The highest BCUT2D eigenvalue weighted by molar-refractivity contribution is 6.39. The third-order valence-electron chi connectivity index (χ3n) is 5.89. The minimum atomic E-state index is -1.08. The molecule has 1 aliphatic heterocycles. The zero-order valence-corrected chi connectivity index (χ0v) is 19.4. The number of allylic oxidation sites excluding steroid dienone is 2. The molecule has 1 saturated heterocycles. The fourth-order valence-corrected chi connectivity index (χ4v) is 4.10. The molecule has 1 aliphatic carbocycles. The first-order valence-corrected chi connectivity index (χ1v) is 11.0. The summed E-state index contributed by atoms with van der Waals surface area (Å²) in [7, 11) is 0. The second-order valence-electron chi connectivity index (χ2n) is 8.76. The highest BCUT2D eigenvalue weighted by Gasteiger charge is 2.40. The highest BCUT2D eigenvalue weighted by atomic mass is 19.1. The quantitative estimate of drug-likeness (QED) is 0.558. The number of aryl methyl sites for hydroxylation is 1. The summed E-state index contributed by atoms with van der Waals surface area (Å²) in [6, 6.07) is 0.852. The molecular weight excluding hydrogens is 425 g/mol. The Kier molecular flexibility index (Phi) is 7.40. The zero-order valence-electron chi connectivity index (χ0n) is 19.4. The van der Waals surface area contributed by atoms with Crippen LogP contribution in [0, 0.1) is 12.8 Å². The van der Waals surface area contributed by atoms with Crippen molar-refractivity contribution in [1.29, 1.82) is 0 Å². The lowest BCUT2D eigenvalue weighted by Crippen LogP contribution is -2.62. The van der Waals surface area contributed by atoms with Crippen LogP contribution in [-0.4, -0.2) is 70.6 Å². The summed E-state index contributed by atoms with van der Waals surface area (Å²) in [6.45, 7) is 11.2. The van der Waals surface area contributed by atoms with Crippen LogP contribution in [0.3, 0.4) is 0 Å². The number of hydrogen-bond acceptors (Lipinski definition) is 5. The maximum Gasteiger partial charge on any atom is 0.313 e. The van der Waals surface area contributed by atoms with E-state index in [-0.39, 0.29) is 37.4 Å². The molecule has 33 heavy (non-hydrogen) atoms. The molecule has 1 aromatic heterocycles. The number of carbonyl (C=O) groups excluding carboxylic acids is 3. The molecule has 1 N–H and O–H groups in total. The summed E-state index contributed by atoms with van der Waals surface area (Å²) in [5.74, 6) is -1.30. The Labute approximate surface area is 193 Å². The Morgan fingerprint density at radius 1 is 1.27 bits per heavy atom. The van der Waals surface area contributed by atoms with Crippen molar-refractivity contribution in [2.75, 3.05) is 18.4 Å². The molecule has 0 radical (unpaired) electrons. The van der Waals surface area contributed by atoms with E-state index in [0.717, 1.165) is 5.57 Å². The minimum absolute atomic E-state index is 0.0229. The van der Waals surface area contributed by atoms with E-state index in [2.05, 4.69) is 22.0 Å². The van der Waals surface area contributed by atoms with Crippen molar-refractivity contribution in [3.05, 3.63) is 41.6 Å². The van der Waals surface area contributed by atoms with Crippen LogP contribution in [0.2, 0.25) is 0 Å². The van der Waals surface area contributed by atoms with Crippen LogP contribution >= 0.6 is 0 Å². The van der Waals surface area contributed by atoms with Crippen LogP contribution < -0.4 is 5.32 Å². The number of nitrogens with zero attached hydrogens (tertiary/aromatic N) is 4. The molecule has 176 valence electrons. The lowest BCUT2D eigenvalue weighted by atomic mass is 9.93. The Hall–Kier alpha value is -3.36. The van der Waals surface area contributed by atoms with Crippen LogP contribution in [-0.2, 0) is 14.4 Å². The summed E-state index contributed by atoms with van der Waals surface area (Å²) in [4.78, 5) is 49.9. The van der Waals surface area contributed by atoms with Gasteiger partial charge in [-0.15, -0.1) is 0 Å². The highest BCUT2D eigenvalue weighted by Crippen LogP contribution is 2.27. The zero-order chi connectivity index (χ0) is 24.3. The normalized spacial score (nSPS) is 22.7. The number of amides is 3. The maximum atomic E-state index is 13.7. The number of nitrogens with one attached hydrogen (secondary N) is 1. The Bertz CT molecular complexity index is 1020. The van der Waals surface area contributed by atoms with Gasteiger partial charge in [0.2, 0.25) is 5.91 Å². The van der Waals surface area contributed by atoms with E-state index >= 15 is 0 Å². The largest absolute Gasteiger partial charge is 0.336 e. The average molecular weight is 456 g/mol. The van der Waals surface area contributed by atoms with Crippen LogP contribution in [0.4, 0.5) is 15.9 Å². The molecule has 3 atom stereocenters. The van der Waals surface area contributed by atoms with E-state index in [1.165, 1.54) is 17.2 Å². The molecule has 2 aliphatic rings. The number of halogens is 1. The van der Waals surface area contributed by atoms with Gasteiger partial charge in [0.05, 0.1) is 17.9 Å². The molecule has 0 aromatic carbocycles. The van der Waals surface area contributed by atoms with E-state index in [1.807, 2.05) is 20.8 Å². The van der Waals surface area contributed by atoms with Crippen molar-refractivity contribution in [1.82, 2.24) is 14.8 Å². The van der Waals surface area contributed by atoms with Gasteiger partial charge in [-0.05, 0) is 37.8 Å². The number of hydrogen-bond donors (Lipinski definition) is 1. The topological polar surface area (TPSA) is 95.0 Å². The minimum Gasteiger partial charge on any atom is -0.336 e. The van der Waals surface area contributed by atoms with Crippen LogP contribution in [0.5, 0.6) is 0 Å². The molecule has 9 heteroatoms. The average Bonchev–Trinajstić information content (AvgIpc) is 2.78. The fourth-order valence-electron chi connectivity index (χ4n) is 4.10. The molecule has 0 saturated carbocycles. The number of anilines is 1. The van der Waals surface area contributed by atoms with Gasteiger partial charge in [0, 0.05) is 31.5 Å². The van der Waals surface area contributed by atoms with Gasteiger partial charge in [-0.1, -0.05) is 32.1 Å². The Balaban J connectivity index is 1.84.